The topological polar surface area (TPSA) is 64.3 Å². The number of hydrogen-bond acceptors (Lipinski definition) is 5. The molecule has 0 aliphatic heterocycles. The van der Waals surface area contributed by atoms with Crippen molar-refractivity contribution >= 4 is 17.7 Å². The number of benzene rings is 1. The average Bonchev–Trinajstić information content (AvgIpc) is 2.23. The molecule has 0 bridgehead atoms. The molecule has 0 heterocycles. The Morgan fingerprint density at radius 2 is 2.25 bits per heavy atom. The van der Waals surface area contributed by atoms with E-state index in [1.165, 1.54) is 0 Å². The number of halogens is 2. The van der Waals surface area contributed by atoms with Gasteiger partial charge in [0.05, 0.1) is 6.42 Å². The highest BCUT2D eigenvalue weighted by molar-refractivity contribution is 7.99. The van der Waals surface area contributed by atoms with Crippen LogP contribution < -0.4 is 11.4 Å². The minimum Gasteiger partial charge on any atom is -0.356 e. The lowest BCUT2D eigenvalue weighted by molar-refractivity contribution is -0.150. The molecule has 1 rings (SSSR count). The summed E-state index contributed by atoms with van der Waals surface area (Å²) in [5.41, 5.74) is 1.74. The van der Waals surface area contributed by atoms with Gasteiger partial charge in [-0.25, -0.2) is 14.6 Å². The van der Waals surface area contributed by atoms with Crippen molar-refractivity contribution < 1.29 is 18.4 Å². The van der Waals surface area contributed by atoms with Crippen molar-refractivity contribution in [3.63, 3.8) is 0 Å². The molecule has 88 valence electrons. The average molecular weight is 248 g/mol. The molecular weight excluding hydrogens is 238 g/mol. The van der Waals surface area contributed by atoms with Crippen molar-refractivity contribution in [3.05, 3.63) is 29.8 Å². The van der Waals surface area contributed by atoms with E-state index in [1.54, 1.807) is 5.59 Å². The summed E-state index contributed by atoms with van der Waals surface area (Å²) in [7, 11) is 0. The molecule has 0 unspecified atom stereocenters. The van der Waals surface area contributed by atoms with E-state index in [4.69, 9.17) is 5.84 Å². The minimum absolute atomic E-state index is 0.0464. The Labute approximate surface area is 95.1 Å². The van der Waals surface area contributed by atoms with E-state index in [-0.39, 0.29) is 17.1 Å². The molecule has 0 aromatic heterocycles. The highest BCUT2D eigenvalue weighted by Crippen LogP contribution is 2.23. The fraction of sp³-hybridized carbons (Fsp3) is 0.222. The third-order valence-electron chi connectivity index (χ3n) is 1.63. The summed E-state index contributed by atoms with van der Waals surface area (Å²) in [6, 6.07) is 3.15. The maximum atomic E-state index is 13.1. The van der Waals surface area contributed by atoms with Gasteiger partial charge in [0.25, 0.3) is 0 Å². The van der Waals surface area contributed by atoms with Crippen LogP contribution in [0.4, 0.5) is 8.78 Å². The van der Waals surface area contributed by atoms with Gasteiger partial charge in [-0.1, -0.05) is 5.59 Å². The van der Waals surface area contributed by atoms with Crippen LogP contribution in [0.25, 0.3) is 0 Å². The Hall–Kier alpha value is -1.18. The first-order chi connectivity index (χ1) is 7.63. The van der Waals surface area contributed by atoms with Gasteiger partial charge < -0.3 is 4.84 Å². The van der Waals surface area contributed by atoms with Crippen LogP contribution in [0.2, 0.25) is 0 Å². The van der Waals surface area contributed by atoms with Crippen LogP contribution in [-0.4, -0.2) is 11.7 Å². The number of rotatable bonds is 5. The number of hydrazine groups is 1. The predicted molar refractivity (Wildman–Crippen MR) is 55.1 cm³/mol. The van der Waals surface area contributed by atoms with Crippen LogP contribution in [0, 0.1) is 11.6 Å². The zero-order chi connectivity index (χ0) is 12.0. The lowest BCUT2D eigenvalue weighted by Gasteiger charge is -2.03. The molecule has 0 fully saturated rings. The summed E-state index contributed by atoms with van der Waals surface area (Å²) < 4.78 is 25.9. The Morgan fingerprint density at radius 3 is 2.94 bits per heavy atom. The number of hydrogen-bond donors (Lipinski definition) is 2. The molecule has 1 aromatic carbocycles. The van der Waals surface area contributed by atoms with Gasteiger partial charge in [0.15, 0.2) is 0 Å². The molecule has 0 radical (unpaired) electrons. The van der Waals surface area contributed by atoms with Gasteiger partial charge in [-0.3, -0.25) is 4.79 Å². The summed E-state index contributed by atoms with van der Waals surface area (Å²) >= 11 is 1.03. The zero-order valence-corrected chi connectivity index (χ0v) is 9.02. The predicted octanol–water partition coefficient (Wildman–Crippen LogP) is 1.37. The fourth-order valence-corrected chi connectivity index (χ4v) is 1.84. The molecule has 3 N–H and O–H groups in total. The van der Waals surface area contributed by atoms with Crippen molar-refractivity contribution in [2.75, 3.05) is 5.75 Å². The monoisotopic (exact) mass is 248 g/mol. The lowest BCUT2D eigenvalue weighted by atomic mass is 10.3. The SMILES string of the molecule is NNOC(=O)CCSc1cc(F)ccc1F. The first kappa shape index (κ1) is 12.9. The van der Waals surface area contributed by atoms with Gasteiger partial charge in [0.2, 0.25) is 0 Å². The van der Waals surface area contributed by atoms with Crippen LogP contribution in [0.1, 0.15) is 6.42 Å². The third-order valence-corrected chi connectivity index (χ3v) is 2.66. The van der Waals surface area contributed by atoms with Gasteiger partial charge in [-0.05, 0) is 18.2 Å². The number of carbonyl (C=O) groups is 1. The van der Waals surface area contributed by atoms with Crippen molar-refractivity contribution in [2.24, 2.45) is 5.84 Å². The number of thioether (sulfide) groups is 1. The highest BCUT2D eigenvalue weighted by atomic mass is 32.2. The van der Waals surface area contributed by atoms with Crippen LogP contribution in [0.3, 0.4) is 0 Å². The molecular formula is C9H10F2N2O2S. The van der Waals surface area contributed by atoms with Crippen molar-refractivity contribution in [2.45, 2.75) is 11.3 Å². The molecule has 0 aliphatic rings. The maximum absolute atomic E-state index is 13.1. The van der Waals surface area contributed by atoms with E-state index in [0.29, 0.717) is 0 Å². The summed E-state index contributed by atoms with van der Waals surface area (Å²) in [6.07, 6.45) is 0.0464. The molecule has 0 saturated heterocycles. The molecule has 0 saturated carbocycles. The fourth-order valence-electron chi connectivity index (χ4n) is 0.949. The van der Waals surface area contributed by atoms with Crippen molar-refractivity contribution in [1.29, 1.82) is 0 Å². The summed E-state index contributed by atoms with van der Waals surface area (Å²) in [4.78, 5) is 15.2. The first-order valence-electron chi connectivity index (χ1n) is 4.36. The van der Waals surface area contributed by atoms with E-state index in [1.807, 2.05) is 0 Å². The number of carbonyl (C=O) groups excluding carboxylic acids is 1. The highest BCUT2D eigenvalue weighted by Gasteiger charge is 2.07. The smallest absolute Gasteiger partial charge is 0.327 e. The van der Waals surface area contributed by atoms with Gasteiger partial charge in [-0.2, -0.15) is 0 Å². The van der Waals surface area contributed by atoms with E-state index in [9.17, 15) is 13.6 Å². The minimum atomic E-state index is -0.563. The molecule has 0 aliphatic carbocycles. The van der Waals surface area contributed by atoms with Crippen LogP contribution in [0.5, 0.6) is 0 Å². The quantitative estimate of drug-likeness (QED) is 0.468. The van der Waals surface area contributed by atoms with Gasteiger partial charge >= 0.3 is 5.97 Å². The summed E-state index contributed by atoms with van der Waals surface area (Å²) in [5.74, 6) is 3.43. The molecule has 0 spiro atoms. The van der Waals surface area contributed by atoms with Crippen LogP contribution in [-0.2, 0) is 9.63 Å². The van der Waals surface area contributed by atoms with Crippen LogP contribution >= 0.6 is 11.8 Å². The standard InChI is InChI=1S/C9H10F2N2O2S/c10-6-1-2-7(11)8(5-6)16-4-3-9(14)15-13-12/h1-2,5,13H,3-4,12H2. The molecule has 0 amide bonds. The molecule has 4 nitrogen and oxygen atoms in total. The van der Waals surface area contributed by atoms with Gasteiger partial charge in [0.1, 0.15) is 11.6 Å². The van der Waals surface area contributed by atoms with Gasteiger partial charge in [-0.15, -0.1) is 11.8 Å². The Kier molecular flexibility index (Phi) is 5.17. The van der Waals surface area contributed by atoms with E-state index in [0.717, 1.165) is 30.0 Å². The van der Waals surface area contributed by atoms with Crippen molar-refractivity contribution in [1.82, 2.24) is 5.59 Å². The third kappa shape index (κ3) is 4.13. The molecule has 7 heteroatoms. The largest absolute Gasteiger partial charge is 0.356 e. The molecule has 0 atom stereocenters. The molecule has 1 aromatic rings. The lowest BCUT2D eigenvalue weighted by Crippen LogP contribution is -2.26. The van der Waals surface area contributed by atoms with E-state index in [2.05, 4.69) is 4.84 Å². The van der Waals surface area contributed by atoms with E-state index < -0.39 is 17.6 Å². The summed E-state index contributed by atoms with van der Waals surface area (Å²) in [6.45, 7) is 0. The second kappa shape index (κ2) is 6.41. The second-order valence-corrected chi connectivity index (χ2v) is 3.90. The Bertz CT molecular complexity index is 377. The van der Waals surface area contributed by atoms with Crippen molar-refractivity contribution in [3.8, 4) is 0 Å². The number of nitrogens with two attached hydrogens (primary N) is 1. The molecule has 16 heavy (non-hydrogen) atoms. The Morgan fingerprint density at radius 1 is 1.50 bits per heavy atom. The Balaban J connectivity index is 2.42. The number of nitrogens with one attached hydrogen (secondary N) is 1. The first-order valence-corrected chi connectivity index (χ1v) is 5.35. The van der Waals surface area contributed by atoms with E-state index >= 15 is 0 Å². The normalized spacial score (nSPS) is 10.2. The maximum Gasteiger partial charge on any atom is 0.327 e. The van der Waals surface area contributed by atoms with Crippen LogP contribution in [0.15, 0.2) is 23.1 Å². The zero-order valence-electron chi connectivity index (χ0n) is 8.20. The second-order valence-electron chi connectivity index (χ2n) is 2.77. The van der Waals surface area contributed by atoms with Gasteiger partial charge in [0, 0.05) is 10.6 Å². The summed E-state index contributed by atoms with van der Waals surface area (Å²) in [5, 5.41) is 0.